The van der Waals surface area contributed by atoms with Crippen molar-refractivity contribution in [2.45, 2.75) is 19.0 Å². The van der Waals surface area contributed by atoms with Crippen LogP contribution in [0.4, 0.5) is 13.2 Å². The first-order valence-electron chi connectivity index (χ1n) is 4.33. The molecule has 0 spiro atoms. The lowest BCUT2D eigenvalue weighted by atomic mass is 10.1. The lowest BCUT2D eigenvalue weighted by molar-refractivity contribution is -0.133. The van der Waals surface area contributed by atoms with E-state index < -0.39 is 20.9 Å². The molecule has 1 rings (SSSR count). The van der Waals surface area contributed by atoms with Gasteiger partial charge in [-0.3, -0.25) is 0 Å². The molecule has 0 N–H and O–H groups in total. The van der Waals surface area contributed by atoms with Crippen molar-refractivity contribution in [3.63, 3.8) is 0 Å². The first-order valence-corrected chi connectivity index (χ1v) is 7.46. The van der Waals surface area contributed by atoms with Crippen LogP contribution in [-0.2, 0) is 14.7 Å². The van der Waals surface area contributed by atoms with E-state index in [-0.39, 0.29) is 6.42 Å². The van der Waals surface area contributed by atoms with Crippen LogP contribution in [0, 0.1) is 0 Å². The summed E-state index contributed by atoms with van der Waals surface area (Å²) in [6, 6.07) is 8.67. The van der Waals surface area contributed by atoms with Crippen molar-refractivity contribution in [3.8, 4) is 0 Å². The molecule has 0 aromatic heterocycles. The van der Waals surface area contributed by atoms with E-state index in [1.807, 2.05) is 0 Å². The third-order valence-corrected chi connectivity index (χ3v) is 1.54. The molecule has 0 aliphatic heterocycles. The van der Waals surface area contributed by atoms with Crippen LogP contribution in [0.25, 0.3) is 0 Å². The second-order valence-corrected chi connectivity index (χ2v) is 6.65. The van der Waals surface area contributed by atoms with Crippen molar-refractivity contribution >= 4 is 29.6 Å². The standard InChI is InChI=1S/C9H9F3.Cl2O2S/c10-9(11,12)7-6-8-4-2-1-3-5-8;1-5(2,3)4/h1-5H,6-7H2;. The second kappa shape index (κ2) is 7.08. The molecule has 1 aromatic rings. The molecule has 0 bridgehead atoms. The average Bonchev–Trinajstić information content (AvgIpc) is 2.13. The van der Waals surface area contributed by atoms with Crippen LogP contribution in [-0.4, -0.2) is 14.6 Å². The Morgan fingerprint density at radius 1 is 1.06 bits per heavy atom. The maximum atomic E-state index is 11.7. The van der Waals surface area contributed by atoms with Gasteiger partial charge in [0.15, 0.2) is 0 Å². The zero-order valence-electron chi connectivity index (χ0n) is 8.42. The van der Waals surface area contributed by atoms with Crippen LogP contribution in [0.1, 0.15) is 12.0 Å². The molecule has 1 aromatic carbocycles. The van der Waals surface area contributed by atoms with E-state index in [9.17, 15) is 13.2 Å². The van der Waals surface area contributed by atoms with Gasteiger partial charge in [0.05, 0.1) is 0 Å². The molecule has 2 nitrogen and oxygen atoms in total. The number of hydrogen-bond acceptors (Lipinski definition) is 2. The molecule has 0 unspecified atom stereocenters. The van der Waals surface area contributed by atoms with E-state index >= 15 is 0 Å². The number of aryl methyl sites for hydroxylation is 1. The predicted molar refractivity (Wildman–Crippen MR) is 61.4 cm³/mol. The summed E-state index contributed by atoms with van der Waals surface area (Å²) in [6.45, 7) is 0. The highest BCUT2D eigenvalue weighted by Crippen LogP contribution is 2.21. The summed E-state index contributed by atoms with van der Waals surface area (Å²) in [5.74, 6) is 0. The van der Waals surface area contributed by atoms with Gasteiger partial charge in [-0.15, -0.1) is 0 Å². The number of alkyl halides is 3. The predicted octanol–water partition coefficient (Wildman–Crippen LogP) is 3.89. The van der Waals surface area contributed by atoms with Gasteiger partial charge in [-0.2, -0.15) is 21.6 Å². The van der Waals surface area contributed by atoms with Gasteiger partial charge in [0.2, 0.25) is 0 Å². The first-order chi connectivity index (χ1) is 7.58. The third kappa shape index (κ3) is 15.5. The quantitative estimate of drug-likeness (QED) is 0.777. The van der Waals surface area contributed by atoms with Crippen molar-refractivity contribution in [2.75, 3.05) is 0 Å². The van der Waals surface area contributed by atoms with Crippen LogP contribution < -0.4 is 0 Å². The van der Waals surface area contributed by atoms with E-state index in [2.05, 4.69) is 21.4 Å². The maximum absolute atomic E-state index is 11.7. The number of rotatable bonds is 2. The van der Waals surface area contributed by atoms with Gasteiger partial charge in [0.1, 0.15) is 0 Å². The Hall–Kier alpha value is -0.460. The van der Waals surface area contributed by atoms with Gasteiger partial charge in [0.25, 0.3) is 0 Å². The molecule has 0 amide bonds. The summed E-state index contributed by atoms with van der Waals surface area (Å²) < 4.78 is 53.5. The second-order valence-electron chi connectivity index (χ2n) is 2.98. The van der Waals surface area contributed by atoms with Gasteiger partial charge in [0, 0.05) is 27.8 Å². The van der Waals surface area contributed by atoms with Crippen molar-refractivity contribution in [3.05, 3.63) is 35.9 Å². The zero-order valence-corrected chi connectivity index (χ0v) is 10.7. The lowest BCUT2D eigenvalue weighted by Gasteiger charge is -2.04. The van der Waals surface area contributed by atoms with Crippen LogP contribution >= 0.6 is 21.4 Å². The van der Waals surface area contributed by atoms with Crippen molar-refractivity contribution < 1.29 is 21.6 Å². The molecule has 0 atom stereocenters. The average molecular weight is 309 g/mol. The maximum Gasteiger partial charge on any atom is 0.389 e. The van der Waals surface area contributed by atoms with Crippen molar-refractivity contribution in [1.29, 1.82) is 0 Å². The largest absolute Gasteiger partial charge is 0.389 e. The SMILES string of the molecule is FC(F)(F)CCc1ccccc1.O=S(=O)(Cl)Cl. The van der Waals surface area contributed by atoms with Crippen molar-refractivity contribution in [1.82, 2.24) is 0 Å². The number of hydrogen-bond donors (Lipinski definition) is 0. The van der Waals surface area contributed by atoms with Crippen LogP contribution in [0.3, 0.4) is 0 Å². The Labute approximate surface area is 106 Å². The van der Waals surface area contributed by atoms with Crippen LogP contribution in [0.2, 0.25) is 0 Å². The van der Waals surface area contributed by atoms with E-state index in [0.717, 1.165) is 5.56 Å². The minimum absolute atomic E-state index is 0.0737. The highest BCUT2D eigenvalue weighted by Gasteiger charge is 2.26. The fourth-order valence-corrected chi connectivity index (χ4v) is 0.931. The van der Waals surface area contributed by atoms with Crippen molar-refractivity contribution in [2.24, 2.45) is 0 Å². The fourth-order valence-electron chi connectivity index (χ4n) is 0.931. The Bertz CT molecular complexity index is 410. The molecule has 8 heteroatoms. The van der Waals surface area contributed by atoms with E-state index in [0.29, 0.717) is 0 Å². The molecule has 0 saturated carbocycles. The van der Waals surface area contributed by atoms with Gasteiger partial charge in [-0.1, -0.05) is 30.3 Å². The summed E-state index contributed by atoms with van der Waals surface area (Å²) in [4.78, 5) is 0. The third-order valence-electron chi connectivity index (χ3n) is 1.54. The van der Waals surface area contributed by atoms with E-state index in [1.165, 1.54) is 0 Å². The molecule has 0 fully saturated rings. The molecule has 17 heavy (non-hydrogen) atoms. The number of halogens is 5. The highest BCUT2D eigenvalue weighted by atomic mass is 36.0. The smallest absolute Gasteiger partial charge is 0.195 e. The fraction of sp³-hybridized carbons (Fsp3) is 0.333. The van der Waals surface area contributed by atoms with Gasteiger partial charge in [-0.25, -0.2) is 0 Å². The Morgan fingerprint density at radius 3 is 1.82 bits per heavy atom. The Morgan fingerprint density at radius 2 is 1.47 bits per heavy atom. The van der Waals surface area contributed by atoms with Gasteiger partial charge in [-0.05, 0) is 12.0 Å². The minimum atomic E-state index is -4.05. The minimum Gasteiger partial charge on any atom is -0.195 e. The molecule has 0 heterocycles. The summed E-state index contributed by atoms with van der Waals surface area (Å²) in [5, 5.41) is 0. The summed E-state index contributed by atoms with van der Waals surface area (Å²) in [5.41, 5.74) is 0.731. The molecule has 0 saturated heterocycles. The molecule has 98 valence electrons. The topological polar surface area (TPSA) is 34.1 Å². The van der Waals surface area contributed by atoms with Gasteiger partial charge < -0.3 is 0 Å². The highest BCUT2D eigenvalue weighted by molar-refractivity contribution is 8.31. The first kappa shape index (κ1) is 16.5. The van der Waals surface area contributed by atoms with Crippen LogP contribution in [0.5, 0.6) is 0 Å². The van der Waals surface area contributed by atoms with Crippen LogP contribution in [0.15, 0.2) is 30.3 Å². The molecule has 0 aliphatic carbocycles. The van der Waals surface area contributed by atoms with E-state index in [1.54, 1.807) is 30.3 Å². The summed E-state index contributed by atoms with van der Waals surface area (Å²) >= 11 is 0. The Kier molecular flexibility index (Phi) is 6.89. The molecular weight excluding hydrogens is 300 g/mol. The van der Waals surface area contributed by atoms with Gasteiger partial charge >= 0.3 is 14.4 Å². The van der Waals surface area contributed by atoms with E-state index in [4.69, 9.17) is 8.42 Å². The lowest BCUT2D eigenvalue weighted by Crippen LogP contribution is -2.08. The Balaban J connectivity index is 0.000000437. The molecular formula is C9H9Cl2F3O2S. The number of benzene rings is 1. The molecule has 0 radical (unpaired) electrons. The monoisotopic (exact) mass is 308 g/mol. The normalized spacial score (nSPS) is 11.6. The molecule has 0 aliphatic rings. The summed E-state index contributed by atoms with van der Waals surface area (Å²) in [6.07, 6.45) is -4.71. The zero-order chi connectivity index (χ0) is 13.5. The summed E-state index contributed by atoms with van der Waals surface area (Å²) in [7, 11) is 4.81.